The molecule has 128 valence electrons. The molecule has 1 atom stereocenters. The normalized spacial score (nSPS) is 15.3. The summed E-state index contributed by atoms with van der Waals surface area (Å²) in [5.41, 5.74) is 1.56. The van der Waals surface area contributed by atoms with Crippen LogP contribution >= 0.6 is 23.4 Å². The molecule has 3 aromatic rings. The summed E-state index contributed by atoms with van der Waals surface area (Å²) in [6.07, 6.45) is 2.15. The average molecular weight is 374 g/mol. The van der Waals surface area contributed by atoms with Gasteiger partial charge in [-0.25, -0.2) is 4.39 Å². The Labute approximate surface area is 155 Å². The van der Waals surface area contributed by atoms with E-state index in [1.165, 1.54) is 6.07 Å². The molecule has 1 saturated carbocycles. The van der Waals surface area contributed by atoms with E-state index in [1.54, 1.807) is 23.9 Å². The first-order chi connectivity index (χ1) is 12.1. The molecular weight excluding hydrogens is 357 g/mol. The first-order valence-corrected chi connectivity index (χ1v) is 9.52. The minimum absolute atomic E-state index is 0.129. The van der Waals surface area contributed by atoms with E-state index in [0.717, 1.165) is 28.6 Å². The van der Waals surface area contributed by atoms with Gasteiger partial charge in [-0.3, -0.25) is 4.57 Å². The predicted octanol–water partition coefficient (Wildman–Crippen LogP) is 5.93. The maximum atomic E-state index is 14.2. The lowest BCUT2D eigenvalue weighted by molar-refractivity contribution is 0.622. The third-order valence-electron chi connectivity index (χ3n) is 4.32. The summed E-state index contributed by atoms with van der Waals surface area (Å²) in [4.78, 5) is 0. The summed E-state index contributed by atoms with van der Waals surface area (Å²) in [6.45, 7) is 2.10. The van der Waals surface area contributed by atoms with E-state index in [0.29, 0.717) is 17.4 Å². The number of benzene rings is 2. The van der Waals surface area contributed by atoms with Crippen LogP contribution in [0.1, 0.15) is 36.6 Å². The Morgan fingerprint density at radius 1 is 1.12 bits per heavy atom. The van der Waals surface area contributed by atoms with Gasteiger partial charge in [-0.15, -0.1) is 10.2 Å². The smallest absolute Gasteiger partial charge is 0.192 e. The van der Waals surface area contributed by atoms with Gasteiger partial charge in [0.1, 0.15) is 5.82 Å². The molecule has 3 nitrogen and oxygen atoms in total. The van der Waals surface area contributed by atoms with Crippen molar-refractivity contribution in [2.45, 2.75) is 36.2 Å². The van der Waals surface area contributed by atoms with E-state index in [1.807, 2.05) is 30.3 Å². The summed E-state index contributed by atoms with van der Waals surface area (Å²) in [7, 11) is 0. The predicted molar refractivity (Wildman–Crippen MR) is 99.4 cm³/mol. The van der Waals surface area contributed by atoms with Gasteiger partial charge in [0.2, 0.25) is 0 Å². The molecule has 1 heterocycles. The third-order valence-corrected chi connectivity index (χ3v) is 5.76. The molecule has 0 spiro atoms. The second-order valence-electron chi connectivity index (χ2n) is 6.17. The van der Waals surface area contributed by atoms with E-state index < -0.39 is 0 Å². The van der Waals surface area contributed by atoms with Crippen LogP contribution in [-0.4, -0.2) is 14.8 Å². The van der Waals surface area contributed by atoms with Gasteiger partial charge in [-0.05, 0) is 43.5 Å². The van der Waals surface area contributed by atoms with Crippen molar-refractivity contribution in [3.05, 3.63) is 64.9 Å². The van der Waals surface area contributed by atoms with Gasteiger partial charge in [0.05, 0.1) is 5.56 Å². The van der Waals surface area contributed by atoms with Crippen LogP contribution in [0.5, 0.6) is 0 Å². The summed E-state index contributed by atoms with van der Waals surface area (Å²) in [5, 5.41) is 10.3. The monoisotopic (exact) mass is 373 g/mol. The van der Waals surface area contributed by atoms with Crippen LogP contribution in [0.2, 0.25) is 5.02 Å². The van der Waals surface area contributed by atoms with E-state index in [4.69, 9.17) is 11.6 Å². The van der Waals surface area contributed by atoms with Crippen molar-refractivity contribution in [3.63, 3.8) is 0 Å². The van der Waals surface area contributed by atoms with Crippen molar-refractivity contribution in [2.24, 2.45) is 0 Å². The molecule has 0 saturated heterocycles. The number of hydrogen-bond acceptors (Lipinski definition) is 3. The molecular formula is C19H17ClFN3S. The molecule has 1 aliphatic carbocycles. The van der Waals surface area contributed by atoms with Gasteiger partial charge in [0.25, 0.3) is 0 Å². The quantitative estimate of drug-likeness (QED) is 0.519. The van der Waals surface area contributed by atoms with Gasteiger partial charge < -0.3 is 0 Å². The standard InChI is InChI=1S/C19H17ClFN3S/c1-12(14-6-2-4-8-16(14)20)25-19-23-22-18(24(19)13-10-11-13)15-7-3-5-9-17(15)21/h2-9,12-13H,10-11H2,1H3. The fraction of sp³-hybridized carbons (Fsp3) is 0.263. The Kier molecular flexibility index (Phi) is 4.52. The molecule has 2 aromatic carbocycles. The number of aromatic nitrogens is 3. The van der Waals surface area contributed by atoms with Crippen molar-refractivity contribution < 1.29 is 4.39 Å². The zero-order valence-corrected chi connectivity index (χ0v) is 15.3. The van der Waals surface area contributed by atoms with Gasteiger partial charge in [-0.2, -0.15) is 0 Å². The molecule has 6 heteroatoms. The molecule has 0 aliphatic heterocycles. The van der Waals surface area contributed by atoms with Crippen molar-refractivity contribution >= 4 is 23.4 Å². The summed E-state index contributed by atoms with van der Waals surface area (Å²) >= 11 is 7.93. The number of halogens is 2. The van der Waals surface area contributed by atoms with E-state index >= 15 is 0 Å². The second kappa shape index (κ2) is 6.81. The minimum atomic E-state index is -0.271. The molecule has 0 bridgehead atoms. The van der Waals surface area contributed by atoms with Crippen LogP contribution in [0, 0.1) is 5.82 Å². The topological polar surface area (TPSA) is 30.7 Å². The van der Waals surface area contributed by atoms with Crippen molar-refractivity contribution in [1.82, 2.24) is 14.8 Å². The van der Waals surface area contributed by atoms with E-state index in [2.05, 4.69) is 21.7 Å². The van der Waals surface area contributed by atoms with Gasteiger partial charge in [-0.1, -0.05) is 53.7 Å². The van der Waals surface area contributed by atoms with Crippen molar-refractivity contribution in [2.75, 3.05) is 0 Å². The maximum absolute atomic E-state index is 14.2. The maximum Gasteiger partial charge on any atom is 0.192 e. The summed E-state index contributed by atoms with van der Waals surface area (Å²) in [5.74, 6) is 0.335. The molecule has 0 N–H and O–H groups in total. The zero-order valence-electron chi connectivity index (χ0n) is 13.7. The van der Waals surface area contributed by atoms with Gasteiger partial charge in [0.15, 0.2) is 11.0 Å². The molecule has 0 amide bonds. The zero-order chi connectivity index (χ0) is 17.4. The summed E-state index contributed by atoms with van der Waals surface area (Å²) < 4.78 is 16.3. The fourth-order valence-corrected chi connectivity index (χ4v) is 4.32. The van der Waals surface area contributed by atoms with Gasteiger partial charge >= 0.3 is 0 Å². The van der Waals surface area contributed by atoms with Crippen LogP contribution in [0.25, 0.3) is 11.4 Å². The molecule has 0 radical (unpaired) electrons. The number of nitrogens with zero attached hydrogens (tertiary/aromatic N) is 3. The highest BCUT2D eigenvalue weighted by Crippen LogP contribution is 2.44. The molecule has 1 aliphatic rings. The molecule has 4 rings (SSSR count). The number of thioether (sulfide) groups is 1. The molecule has 1 fully saturated rings. The fourth-order valence-electron chi connectivity index (χ4n) is 2.87. The van der Waals surface area contributed by atoms with Gasteiger partial charge in [0, 0.05) is 16.3 Å². The highest BCUT2D eigenvalue weighted by atomic mass is 35.5. The van der Waals surface area contributed by atoms with Crippen LogP contribution in [0.3, 0.4) is 0 Å². The van der Waals surface area contributed by atoms with Crippen LogP contribution in [-0.2, 0) is 0 Å². The second-order valence-corrected chi connectivity index (χ2v) is 7.88. The van der Waals surface area contributed by atoms with E-state index in [-0.39, 0.29) is 11.1 Å². The first-order valence-electron chi connectivity index (χ1n) is 8.26. The minimum Gasteiger partial charge on any atom is -0.299 e. The summed E-state index contributed by atoms with van der Waals surface area (Å²) in [6, 6.07) is 14.9. The Hall–Kier alpha value is -1.85. The van der Waals surface area contributed by atoms with Crippen molar-refractivity contribution in [1.29, 1.82) is 0 Å². The Balaban J connectivity index is 1.69. The highest BCUT2D eigenvalue weighted by Gasteiger charge is 2.31. The van der Waals surface area contributed by atoms with Crippen LogP contribution in [0.4, 0.5) is 4.39 Å². The van der Waals surface area contributed by atoms with Crippen molar-refractivity contribution in [3.8, 4) is 11.4 Å². The van der Waals surface area contributed by atoms with Crippen LogP contribution < -0.4 is 0 Å². The molecule has 1 unspecified atom stereocenters. The SMILES string of the molecule is CC(Sc1nnc(-c2ccccc2F)n1C1CC1)c1ccccc1Cl. The first kappa shape index (κ1) is 16.6. The number of rotatable bonds is 5. The lowest BCUT2D eigenvalue weighted by Crippen LogP contribution is -2.02. The molecule has 25 heavy (non-hydrogen) atoms. The van der Waals surface area contributed by atoms with E-state index in [9.17, 15) is 4.39 Å². The lowest BCUT2D eigenvalue weighted by atomic mass is 10.2. The molecule has 1 aromatic heterocycles. The third kappa shape index (κ3) is 3.31. The Morgan fingerprint density at radius 3 is 2.56 bits per heavy atom. The Morgan fingerprint density at radius 2 is 1.84 bits per heavy atom. The lowest BCUT2D eigenvalue weighted by Gasteiger charge is -2.14. The number of hydrogen-bond donors (Lipinski definition) is 0. The van der Waals surface area contributed by atoms with Crippen LogP contribution in [0.15, 0.2) is 53.7 Å². The highest BCUT2D eigenvalue weighted by molar-refractivity contribution is 7.99. The average Bonchev–Trinajstić information content (AvgIpc) is 3.37. The Bertz CT molecular complexity index is 907. The largest absolute Gasteiger partial charge is 0.299 e.